The second-order valence-corrected chi connectivity index (χ2v) is 4.34. The van der Waals surface area contributed by atoms with E-state index in [4.69, 9.17) is 13.9 Å². The molecule has 2 rings (SSSR count). The summed E-state index contributed by atoms with van der Waals surface area (Å²) in [6, 6.07) is 9.74. The minimum Gasteiger partial charge on any atom is -0.484 e. The molecule has 0 radical (unpaired) electrons. The second-order valence-electron chi connectivity index (χ2n) is 4.34. The number of hydrogen-bond donors (Lipinski definition) is 1. The maximum absolute atomic E-state index is 11.6. The Labute approximate surface area is 132 Å². The molecule has 1 heterocycles. The SMILES string of the molecule is CCOC(=O)c1ccc(OCC(=O)N/N=C/c2ccco2)cc1. The largest absolute Gasteiger partial charge is 0.484 e. The summed E-state index contributed by atoms with van der Waals surface area (Å²) in [7, 11) is 0. The summed E-state index contributed by atoms with van der Waals surface area (Å²) in [5, 5.41) is 3.72. The number of rotatable bonds is 7. The number of benzene rings is 1. The summed E-state index contributed by atoms with van der Waals surface area (Å²) in [6.07, 6.45) is 2.89. The highest BCUT2D eigenvalue weighted by atomic mass is 16.5. The lowest BCUT2D eigenvalue weighted by atomic mass is 10.2. The third kappa shape index (κ3) is 5.31. The van der Waals surface area contributed by atoms with Crippen LogP contribution in [0.1, 0.15) is 23.0 Å². The number of nitrogens with zero attached hydrogens (tertiary/aromatic N) is 1. The Hall–Kier alpha value is -3.09. The van der Waals surface area contributed by atoms with Gasteiger partial charge in [-0.15, -0.1) is 0 Å². The molecule has 7 nitrogen and oxygen atoms in total. The number of hydrazone groups is 1. The van der Waals surface area contributed by atoms with Crippen molar-refractivity contribution in [3.63, 3.8) is 0 Å². The van der Waals surface area contributed by atoms with Crippen molar-refractivity contribution >= 4 is 18.1 Å². The molecule has 0 unspecified atom stereocenters. The molecule has 2 aromatic rings. The minimum absolute atomic E-state index is 0.200. The molecule has 0 bridgehead atoms. The first-order valence-corrected chi connectivity index (χ1v) is 6.94. The fraction of sp³-hybridized carbons (Fsp3) is 0.188. The van der Waals surface area contributed by atoms with E-state index in [0.717, 1.165) is 0 Å². The van der Waals surface area contributed by atoms with Gasteiger partial charge in [0.2, 0.25) is 0 Å². The van der Waals surface area contributed by atoms with E-state index < -0.39 is 11.9 Å². The van der Waals surface area contributed by atoms with Crippen LogP contribution in [-0.2, 0) is 9.53 Å². The lowest BCUT2D eigenvalue weighted by molar-refractivity contribution is -0.123. The van der Waals surface area contributed by atoms with Crippen molar-refractivity contribution < 1.29 is 23.5 Å². The molecule has 0 saturated carbocycles. The quantitative estimate of drug-likeness (QED) is 0.479. The van der Waals surface area contributed by atoms with E-state index in [1.165, 1.54) is 12.5 Å². The first-order valence-electron chi connectivity index (χ1n) is 6.94. The van der Waals surface area contributed by atoms with Crippen molar-refractivity contribution in [3.8, 4) is 5.75 Å². The number of nitrogens with one attached hydrogen (secondary N) is 1. The van der Waals surface area contributed by atoms with Gasteiger partial charge in [-0.05, 0) is 43.3 Å². The monoisotopic (exact) mass is 316 g/mol. The standard InChI is InChI=1S/C16H16N2O5/c1-2-21-16(20)12-5-7-13(8-6-12)23-11-15(19)18-17-10-14-4-3-9-22-14/h3-10H,2,11H2,1H3,(H,18,19)/b17-10+. The average molecular weight is 316 g/mol. The molecule has 120 valence electrons. The number of ether oxygens (including phenoxy) is 2. The van der Waals surface area contributed by atoms with E-state index in [9.17, 15) is 9.59 Å². The van der Waals surface area contributed by atoms with Gasteiger partial charge in [-0.3, -0.25) is 4.79 Å². The molecule has 0 fully saturated rings. The van der Waals surface area contributed by atoms with Crippen molar-refractivity contribution in [2.24, 2.45) is 5.10 Å². The van der Waals surface area contributed by atoms with Crippen molar-refractivity contribution in [3.05, 3.63) is 54.0 Å². The molecule has 1 aromatic carbocycles. The topological polar surface area (TPSA) is 90.1 Å². The summed E-state index contributed by atoms with van der Waals surface area (Å²) in [5.74, 6) is 0.176. The zero-order chi connectivity index (χ0) is 16.5. The van der Waals surface area contributed by atoms with Gasteiger partial charge in [-0.2, -0.15) is 5.10 Å². The molecule has 0 aliphatic heterocycles. The van der Waals surface area contributed by atoms with E-state index in [1.807, 2.05) is 0 Å². The number of esters is 1. The maximum Gasteiger partial charge on any atom is 0.338 e. The van der Waals surface area contributed by atoms with Gasteiger partial charge in [0.25, 0.3) is 5.91 Å². The lowest BCUT2D eigenvalue weighted by Gasteiger charge is -2.06. The van der Waals surface area contributed by atoms with Gasteiger partial charge in [-0.1, -0.05) is 0 Å². The molecular weight excluding hydrogens is 300 g/mol. The number of hydrogen-bond acceptors (Lipinski definition) is 6. The van der Waals surface area contributed by atoms with E-state index >= 15 is 0 Å². The van der Waals surface area contributed by atoms with Crippen LogP contribution in [0.25, 0.3) is 0 Å². The van der Waals surface area contributed by atoms with Gasteiger partial charge in [0.05, 0.1) is 24.6 Å². The molecule has 0 aliphatic rings. The Bertz CT molecular complexity index is 662. The number of carbonyl (C=O) groups excluding carboxylic acids is 2. The molecule has 0 atom stereocenters. The van der Waals surface area contributed by atoms with Crippen molar-refractivity contribution in [2.45, 2.75) is 6.92 Å². The lowest BCUT2D eigenvalue weighted by Crippen LogP contribution is -2.24. The third-order valence-corrected chi connectivity index (χ3v) is 2.66. The van der Waals surface area contributed by atoms with Crippen LogP contribution < -0.4 is 10.2 Å². The van der Waals surface area contributed by atoms with Crippen LogP contribution in [0.4, 0.5) is 0 Å². The molecular formula is C16H16N2O5. The van der Waals surface area contributed by atoms with Crippen LogP contribution in [0, 0.1) is 0 Å². The first kappa shape index (κ1) is 16.3. The molecule has 1 amide bonds. The number of carbonyl (C=O) groups is 2. The predicted molar refractivity (Wildman–Crippen MR) is 82.3 cm³/mol. The molecule has 1 aromatic heterocycles. The molecule has 7 heteroatoms. The van der Waals surface area contributed by atoms with Crippen LogP contribution in [0.15, 0.2) is 52.2 Å². The highest BCUT2D eigenvalue weighted by molar-refractivity contribution is 5.89. The zero-order valence-corrected chi connectivity index (χ0v) is 12.5. The van der Waals surface area contributed by atoms with Crippen molar-refractivity contribution in [1.29, 1.82) is 0 Å². The van der Waals surface area contributed by atoms with E-state index in [2.05, 4.69) is 10.5 Å². The van der Waals surface area contributed by atoms with Crippen molar-refractivity contribution in [2.75, 3.05) is 13.2 Å². The second kappa shape index (κ2) is 8.38. The van der Waals surface area contributed by atoms with Crippen LogP contribution in [0.5, 0.6) is 5.75 Å². The molecule has 0 spiro atoms. The van der Waals surface area contributed by atoms with Gasteiger partial charge in [0.1, 0.15) is 11.5 Å². The third-order valence-electron chi connectivity index (χ3n) is 2.66. The summed E-state index contributed by atoms with van der Waals surface area (Å²) in [6.45, 7) is 1.85. The van der Waals surface area contributed by atoms with Gasteiger partial charge < -0.3 is 13.9 Å². The van der Waals surface area contributed by atoms with Crippen LogP contribution in [0.3, 0.4) is 0 Å². The normalized spacial score (nSPS) is 10.5. The van der Waals surface area contributed by atoms with E-state index in [0.29, 0.717) is 23.7 Å². The Morgan fingerprint density at radius 2 is 2.04 bits per heavy atom. The van der Waals surface area contributed by atoms with Gasteiger partial charge in [0, 0.05) is 0 Å². The van der Waals surface area contributed by atoms with Crippen LogP contribution in [-0.4, -0.2) is 31.3 Å². The number of amides is 1. The summed E-state index contributed by atoms with van der Waals surface area (Å²) < 4.78 is 15.2. The fourth-order valence-corrected chi connectivity index (χ4v) is 1.62. The smallest absolute Gasteiger partial charge is 0.338 e. The average Bonchev–Trinajstić information content (AvgIpc) is 3.07. The van der Waals surface area contributed by atoms with Crippen LogP contribution in [0.2, 0.25) is 0 Å². The molecule has 1 N–H and O–H groups in total. The minimum atomic E-state index is -0.415. The molecule has 23 heavy (non-hydrogen) atoms. The van der Waals surface area contributed by atoms with Gasteiger partial charge >= 0.3 is 5.97 Å². The Morgan fingerprint density at radius 3 is 2.70 bits per heavy atom. The van der Waals surface area contributed by atoms with Gasteiger partial charge in [-0.25, -0.2) is 10.2 Å². The van der Waals surface area contributed by atoms with Crippen molar-refractivity contribution in [1.82, 2.24) is 5.43 Å². The predicted octanol–water partition coefficient (Wildman–Crippen LogP) is 1.99. The van der Waals surface area contributed by atoms with E-state index in [-0.39, 0.29) is 6.61 Å². The summed E-state index contributed by atoms with van der Waals surface area (Å²) >= 11 is 0. The van der Waals surface area contributed by atoms with E-state index in [1.54, 1.807) is 43.3 Å². The summed E-state index contributed by atoms with van der Waals surface area (Å²) in [5.41, 5.74) is 2.73. The van der Waals surface area contributed by atoms with Gasteiger partial charge in [0.15, 0.2) is 6.61 Å². The zero-order valence-electron chi connectivity index (χ0n) is 12.5. The summed E-state index contributed by atoms with van der Waals surface area (Å²) in [4.78, 5) is 23.0. The van der Waals surface area contributed by atoms with Crippen LogP contribution >= 0.6 is 0 Å². The molecule has 0 aliphatic carbocycles. The fourth-order valence-electron chi connectivity index (χ4n) is 1.62. The Kier molecular flexibility index (Phi) is 5.93. The maximum atomic E-state index is 11.6. The Morgan fingerprint density at radius 1 is 1.26 bits per heavy atom. The first-order chi connectivity index (χ1) is 11.2. The highest BCUT2D eigenvalue weighted by Gasteiger charge is 2.07. The molecule has 0 saturated heterocycles. The number of furan rings is 1. The highest BCUT2D eigenvalue weighted by Crippen LogP contribution is 2.12. The Balaban J connectivity index is 1.76.